The molecule has 0 saturated carbocycles. The lowest BCUT2D eigenvalue weighted by Gasteiger charge is -2.23. The van der Waals surface area contributed by atoms with E-state index in [0.29, 0.717) is 18.7 Å². The number of hydrogen-bond acceptors (Lipinski definition) is 3. The second-order valence-corrected chi connectivity index (χ2v) is 3.99. The molecule has 5 heteroatoms. The van der Waals surface area contributed by atoms with Gasteiger partial charge < -0.3 is 4.74 Å². The van der Waals surface area contributed by atoms with Crippen LogP contribution in [0.25, 0.3) is 0 Å². The quantitative estimate of drug-likeness (QED) is 0.414. The lowest BCUT2D eigenvalue weighted by molar-refractivity contribution is -0.820. The van der Waals surface area contributed by atoms with Gasteiger partial charge in [0.05, 0.1) is 13.6 Å². The molecule has 84 valence electrons. The Kier molecular flexibility index (Phi) is 3.47. The van der Waals surface area contributed by atoms with Crippen molar-refractivity contribution in [1.29, 1.82) is 0 Å². The number of hydrogen-bond donors (Lipinski definition) is 1. The number of urea groups is 1. The SMILES string of the molecule is C=C(C)C(=O)OCC[N+]1(C)CCNC1=O. The van der Waals surface area contributed by atoms with Crippen molar-refractivity contribution in [3.8, 4) is 0 Å². The molecule has 0 aliphatic carbocycles. The zero-order chi connectivity index (χ0) is 11.5. The Bertz CT molecular complexity index is 301. The maximum Gasteiger partial charge on any atom is 0.416 e. The molecule has 0 radical (unpaired) electrons. The third-order valence-corrected chi connectivity index (χ3v) is 2.54. The lowest BCUT2D eigenvalue weighted by atomic mass is 10.4. The Labute approximate surface area is 89.3 Å². The number of amides is 2. The number of esters is 1. The highest BCUT2D eigenvalue weighted by molar-refractivity contribution is 5.86. The van der Waals surface area contributed by atoms with Crippen molar-refractivity contribution in [3.05, 3.63) is 12.2 Å². The molecule has 1 heterocycles. The van der Waals surface area contributed by atoms with Gasteiger partial charge in [0.2, 0.25) is 0 Å². The van der Waals surface area contributed by atoms with Crippen molar-refractivity contribution in [1.82, 2.24) is 5.32 Å². The highest BCUT2D eigenvalue weighted by Gasteiger charge is 2.36. The summed E-state index contributed by atoms with van der Waals surface area (Å²) >= 11 is 0. The van der Waals surface area contributed by atoms with E-state index in [9.17, 15) is 9.59 Å². The summed E-state index contributed by atoms with van der Waals surface area (Å²) < 4.78 is 5.23. The molecule has 0 aromatic heterocycles. The van der Waals surface area contributed by atoms with Crippen molar-refractivity contribution in [2.45, 2.75) is 6.92 Å². The molecule has 0 spiro atoms. The minimum Gasteiger partial charge on any atom is -0.456 e. The van der Waals surface area contributed by atoms with Crippen molar-refractivity contribution >= 4 is 12.0 Å². The molecule has 1 rings (SSSR count). The molecular formula is C10H17N2O3+. The van der Waals surface area contributed by atoms with E-state index in [0.717, 1.165) is 6.54 Å². The van der Waals surface area contributed by atoms with E-state index < -0.39 is 5.97 Å². The van der Waals surface area contributed by atoms with Gasteiger partial charge in [0.15, 0.2) is 0 Å². The van der Waals surface area contributed by atoms with Crippen molar-refractivity contribution in [3.63, 3.8) is 0 Å². The largest absolute Gasteiger partial charge is 0.456 e. The Morgan fingerprint density at radius 3 is 2.80 bits per heavy atom. The summed E-state index contributed by atoms with van der Waals surface area (Å²) in [4.78, 5) is 22.5. The summed E-state index contributed by atoms with van der Waals surface area (Å²) in [6, 6.07) is -0.0126. The second-order valence-electron chi connectivity index (χ2n) is 3.99. The van der Waals surface area contributed by atoms with Gasteiger partial charge in [-0.1, -0.05) is 6.58 Å². The van der Waals surface area contributed by atoms with Gasteiger partial charge in [-0.25, -0.2) is 14.1 Å². The number of carbonyl (C=O) groups is 2. The molecule has 0 bridgehead atoms. The average molecular weight is 213 g/mol. The Morgan fingerprint density at radius 1 is 1.67 bits per heavy atom. The number of nitrogens with zero attached hydrogens (tertiary/aromatic N) is 1. The van der Waals surface area contributed by atoms with E-state index in [1.807, 2.05) is 7.05 Å². The van der Waals surface area contributed by atoms with Crippen LogP contribution >= 0.6 is 0 Å². The van der Waals surface area contributed by atoms with Crippen LogP contribution in [0.15, 0.2) is 12.2 Å². The Morgan fingerprint density at radius 2 is 2.33 bits per heavy atom. The molecule has 1 N–H and O–H groups in total. The van der Waals surface area contributed by atoms with Crippen LogP contribution < -0.4 is 5.32 Å². The van der Waals surface area contributed by atoms with Gasteiger partial charge in [-0.3, -0.25) is 5.32 Å². The maximum absolute atomic E-state index is 11.4. The first kappa shape index (κ1) is 11.7. The third kappa shape index (κ3) is 2.79. The van der Waals surface area contributed by atoms with E-state index >= 15 is 0 Å². The third-order valence-electron chi connectivity index (χ3n) is 2.54. The van der Waals surface area contributed by atoms with Crippen LogP contribution in [0.3, 0.4) is 0 Å². The van der Waals surface area contributed by atoms with Crippen LogP contribution in [0.2, 0.25) is 0 Å². The molecule has 1 aliphatic heterocycles. The van der Waals surface area contributed by atoms with Gasteiger partial charge >= 0.3 is 12.0 Å². The predicted molar refractivity (Wildman–Crippen MR) is 55.1 cm³/mol. The predicted octanol–water partition coefficient (Wildman–Crippen LogP) is 0.276. The summed E-state index contributed by atoms with van der Waals surface area (Å²) in [6.07, 6.45) is 0. The van der Waals surface area contributed by atoms with Crippen molar-refractivity contribution in [2.24, 2.45) is 0 Å². The molecule has 1 saturated heterocycles. The molecular weight excluding hydrogens is 196 g/mol. The van der Waals surface area contributed by atoms with E-state index in [-0.39, 0.29) is 17.1 Å². The normalized spacial score (nSPS) is 24.8. The van der Waals surface area contributed by atoms with Gasteiger partial charge in [-0.2, -0.15) is 0 Å². The van der Waals surface area contributed by atoms with Crippen LogP contribution in [0.4, 0.5) is 4.79 Å². The molecule has 1 fully saturated rings. The summed E-state index contributed by atoms with van der Waals surface area (Å²) in [5.41, 5.74) is 0.378. The van der Waals surface area contributed by atoms with Gasteiger partial charge in [-0.05, 0) is 6.92 Å². The number of quaternary nitrogens is 1. The lowest BCUT2D eigenvalue weighted by Crippen LogP contribution is -2.48. The molecule has 0 aromatic rings. The van der Waals surface area contributed by atoms with Crippen molar-refractivity contribution in [2.75, 3.05) is 33.3 Å². The molecule has 5 nitrogen and oxygen atoms in total. The summed E-state index contributed by atoms with van der Waals surface area (Å²) in [7, 11) is 1.83. The number of likely N-dealkylation sites (N-methyl/N-ethyl adjacent to an activating group) is 1. The van der Waals surface area contributed by atoms with E-state index in [2.05, 4.69) is 11.9 Å². The van der Waals surface area contributed by atoms with Crippen LogP contribution in [-0.2, 0) is 9.53 Å². The first-order valence-electron chi connectivity index (χ1n) is 4.91. The zero-order valence-corrected chi connectivity index (χ0v) is 9.21. The van der Waals surface area contributed by atoms with Gasteiger partial charge in [0.25, 0.3) is 0 Å². The van der Waals surface area contributed by atoms with Gasteiger partial charge in [-0.15, -0.1) is 0 Å². The number of rotatable bonds is 4. The first-order valence-corrected chi connectivity index (χ1v) is 4.91. The minimum atomic E-state index is -0.402. The molecule has 1 unspecified atom stereocenters. The van der Waals surface area contributed by atoms with E-state index in [1.165, 1.54) is 0 Å². The van der Waals surface area contributed by atoms with Gasteiger partial charge in [0, 0.05) is 5.57 Å². The summed E-state index contributed by atoms with van der Waals surface area (Å²) in [6.45, 7) is 7.25. The van der Waals surface area contributed by atoms with Crippen LogP contribution in [0, 0.1) is 0 Å². The summed E-state index contributed by atoms with van der Waals surface area (Å²) in [5.74, 6) is -0.402. The number of carbonyl (C=O) groups excluding carboxylic acids is 2. The fraction of sp³-hybridized carbons (Fsp3) is 0.600. The second kappa shape index (κ2) is 4.44. The molecule has 1 aliphatic rings. The first-order chi connectivity index (χ1) is 6.96. The van der Waals surface area contributed by atoms with E-state index in [4.69, 9.17) is 4.74 Å². The monoisotopic (exact) mass is 213 g/mol. The molecule has 1 atom stereocenters. The fourth-order valence-corrected chi connectivity index (χ4v) is 1.38. The number of ether oxygens (including phenoxy) is 1. The topological polar surface area (TPSA) is 55.4 Å². The van der Waals surface area contributed by atoms with Crippen molar-refractivity contribution < 1.29 is 18.8 Å². The minimum absolute atomic E-state index is 0.0126. The molecule has 2 amide bonds. The van der Waals surface area contributed by atoms with Crippen LogP contribution in [0.5, 0.6) is 0 Å². The average Bonchev–Trinajstić information content (AvgIpc) is 2.47. The molecule has 0 aromatic carbocycles. The van der Waals surface area contributed by atoms with Crippen LogP contribution in [0.1, 0.15) is 6.92 Å². The highest BCUT2D eigenvalue weighted by Crippen LogP contribution is 2.08. The standard InChI is InChI=1S/C10H16N2O3/c1-8(2)9(13)15-7-6-12(3)5-4-11-10(12)14/h1,4-7H2,2-3H3/p+1. The highest BCUT2D eigenvalue weighted by atomic mass is 16.5. The summed E-state index contributed by atoms with van der Waals surface area (Å²) in [5, 5.41) is 2.75. The Balaban J connectivity index is 2.34. The Hall–Kier alpha value is -1.36. The maximum atomic E-state index is 11.4. The van der Waals surface area contributed by atoms with Gasteiger partial charge in [0.1, 0.15) is 19.7 Å². The molecule has 15 heavy (non-hydrogen) atoms. The van der Waals surface area contributed by atoms with Crippen LogP contribution in [-0.4, -0.2) is 49.8 Å². The van der Waals surface area contributed by atoms with E-state index in [1.54, 1.807) is 6.92 Å². The number of nitrogens with one attached hydrogen (secondary N) is 1. The fourth-order valence-electron chi connectivity index (χ4n) is 1.38. The smallest absolute Gasteiger partial charge is 0.416 e. The zero-order valence-electron chi connectivity index (χ0n) is 9.21.